The van der Waals surface area contributed by atoms with Crippen molar-refractivity contribution in [2.24, 2.45) is 11.8 Å². The number of anilines is 2. The minimum atomic E-state index is -0.317. The molecule has 0 heterocycles. The summed E-state index contributed by atoms with van der Waals surface area (Å²) in [4.78, 5) is 24.9. The molecular formula is C22H23N3O2. The molecule has 0 aromatic heterocycles. The van der Waals surface area contributed by atoms with Crippen molar-refractivity contribution < 1.29 is 9.59 Å². The summed E-state index contributed by atoms with van der Waals surface area (Å²) < 4.78 is 0. The van der Waals surface area contributed by atoms with Gasteiger partial charge in [0.1, 0.15) is 0 Å². The maximum atomic E-state index is 12.6. The number of hydrogen-bond donors (Lipinski definition) is 2. The number of nitrogens with one attached hydrogen (secondary N) is 2. The fourth-order valence-electron chi connectivity index (χ4n) is 3.11. The second-order valence-electron chi connectivity index (χ2n) is 7.91. The molecule has 1 saturated carbocycles. The third kappa shape index (κ3) is 4.35. The molecule has 0 radical (unpaired) electrons. The molecule has 138 valence electrons. The molecule has 2 N–H and O–H groups in total. The van der Waals surface area contributed by atoms with E-state index in [1.165, 1.54) is 0 Å². The summed E-state index contributed by atoms with van der Waals surface area (Å²) in [5, 5.41) is 14.6. The van der Waals surface area contributed by atoms with Gasteiger partial charge in [-0.05, 0) is 47.7 Å². The van der Waals surface area contributed by atoms with E-state index in [-0.39, 0.29) is 29.1 Å². The van der Waals surface area contributed by atoms with Crippen LogP contribution in [0.3, 0.4) is 0 Å². The minimum absolute atomic E-state index is 0.0835. The van der Waals surface area contributed by atoms with Crippen LogP contribution < -0.4 is 10.6 Å². The Labute approximate surface area is 159 Å². The third-order valence-electron chi connectivity index (χ3n) is 4.74. The highest BCUT2D eigenvalue weighted by molar-refractivity contribution is 6.03. The first-order valence-corrected chi connectivity index (χ1v) is 9.01. The molecule has 2 amide bonds. The molecule has 0 aliphatic heterocycles. The Morgan fingerprint density at radius 2 is 1.56 bits per heavy atom. The van der Waals surface area contributed by atoms with E-state index >= 15 is 0 Å². The molecule has 1 aliphatic rings. The van der Waals surface area contributed by atoms with Gasteiger partial charge >= 0.3 is 0 Å². The highest BCUT2D eigenvalue weighted by Gasteiger charge is 2.48. The lowest BCUT2D eigenvalue weighted by atomic mass is 9.86. The summed E-state index contributed by atoms with van der Waals surface area (Å²) in [6.45, 7) is 6.30. The number of carbonyl (C=O) groups is 2. The molecule has 2 atom stereocenters. The van der Waals surface area contributed by atoms with Gasteiger partial charge in [-0.3, -0.25) is 9.59 Å². The van der Waals surface area contributed by atoms with Crippen molar-refractivity contribution in [1.82, 2.24) is 0 Å². The lowest BCUT2D eigenvalue weighted by Gasteiger charge is -2.23. The number of para-hydroxylation sites is 1. The first-order valence-electron chi connectivity index (χ1n) is 9.01. The predicted molar refractivity (Wildman–Crippen MR) is 105 cm³/mol. The van der Waals surface area contributed by atoms with E-state index in [9.17, 15) is 9.59 Å². The fourth-order valence-corrected chi connectivity index (χ4v) is 3.11. The quantitative estimate of drug-likeness (QED) is 0.861. The number of nitrogens with zero attached hydrogens (tertiary/aromatic N) is 1. The van der Waals surface area contributed by atoms with E-state index in [1.807, 2.05) is 30.3 Å². The van der Waals surface area contributed by atoms with Crippen molar-refractivity contribution in [3.8, 4) is 6.07 Å². The number of benzene rings is 2. The topological polar surface area (TPSA) is 82.0 Å². The number of amides is 2. The third-order valence-corrected chi connectivity index (χ3v) is 4.74. The zero-order valence-corrected chi connectivity index (χ0v) is 15.7. The van der Waals surface area contributed by atoms with Crippen molar-refractivity contribution in [3.63, 3.8) is 0 Å². The molecule has 2 aromatic rings. The van der Waals surface area contributed by atoms with Crippen molar-refractivity contribution >= 4 is 23.2 Å². The van der Waals surface area contributed by atoms with Gasteiger partial charge in [0.15, 0.2) is 0 Å². The molecule has 1 aliphatic carbocycles. The van der Waals surface area contributed by atoms with Gasteiger partial charge in [0.2, 0.25) is 11.8 Å². The summed E-state index contributed by atoms with van der Waals surface area (Å²) in [7, 11) is 0. The van der Waals surface area contributed by atoms with Gasteiger partial charge in [-0.1, -0.05) is 39.0 Å². The van der Waals surface area contributed by atoms with Crippen LogP contribution in [0.15, 0.2) is 48.5 Å². The smallest absolute Gasteiger partial charge is 0.228 e. The lowest BCUT2D eigenvalue weighted by Crippen LogP contribution is -2.22. The zero-order valence-electron chi connectivity index (χ0n) is 15.7. The summed E-state index contributed by atoms with van der Waals surface area (Å²) >= 11 is 0. The van der Waals surface area contributed by atoms with Crippen LogP contribution in [0, 0.1) is 23.2 Å². The Kier molecular flexibility index (Phi) is 5.00. The van der Waals surface area contributed by atoms with Crippen molar-refractivity contribution in [2.45, 2.75) is 32.6 Å². The van der Waals surface area contributed by atoms with E-state index < -0.39 is 0 Å². The van der Waals surface area contributed by atoms with E-state index in [2.05, 4.69) is 31.4 Å². The van der Waals surface area contributed by atoms with E-state index in [1.54, 1.807) is 24.3 Å². The largest absolute Gasteiger partial charge is 0.326 e. The zero-order chi connectivity index (χ0) is 19.6. The van der Waals surface area contributed by atoms with Crippen LogP contribution in [0.5, 0.6) is 0 Å². The predicted octanol–water partition coefficient (Wildman–Crippen LogP) is 4.07. The van der Waals surface area contributed by atoms with Crippen LogP contribution in [0.1, 0.15) is 38.3 Å². The Hall–Kier alpha value is -3.13. The molecule has 0 bridgehead atoms. The first-order chi connectivity index (χ1) is 12.8. The van der Waals surface area contributed by atoms with Crippen LogP contribution in [0.25, 0.3) is 0 Å². The molecule has 0 saturated heterocycles. The lowest BCUT2D eigenvalue weighted by molar-refractivity contribution is -0.122. The summed E-state index contributed by atoms with van der Waals surface area (Å²) in [6, 6.07) is 16.5. The Balaban J connectivity index is 1.61. The molecule has 2 aromatic carbocycles. The first kappa shape index (κ1) is 18.7. The van der Waals surface area contributed by atoms with Gasteiger partial charge in [-0.2, -0.15) is 5.26 Å². The summed E-state index contributed by atoms with van der Waals surface area (Å²) in [5.41, 5.74) is 2.95. The second-order valence-corrected chi connectivity index (χ2v) is 7.91. The molecule has 0 spiro atoms. The average Bonchev–Trinajstić information content (AvgIpc) is 3.43. The second kappa shape index (κ2) is 7.24. The average molecular weight is 361 g/mol. The van der Waals surface area contributed by atoms with Crippen LogP contribution in [0.2, 0.25) is 0 Å². The highest BCUT2D eigenvalue weighted by atomic mass is 16.2. The number of hydrogen-bond acceptors (Lipinski definition) is 3. The van der Waals surface area contributed by atoms with E-state index in [0.717, 1.165) is 11.3 Å². The van der Waals surface area contributed by atoms with Crippen LogP contribution in [-0.4, -0.2) is 11.8 Å². The molecule has 3 rings (SSSR count). The fraction of sp³-hybridized carbons (Fsp3) is 0.318. The van der Waals surface area contributed by atoms with Crippen LogP contribution in [-0.2, 0) is 15.0 Å². The van der Waals surface area contributed by atoms with Gasteiger partial charge < -0.3 is 10.6 Å². The SMILES string of the molecule is CC(C)(C)c1ccccc1NC(=O)C1CC1C(=O)Nc1ccc(C#N)cc1. The van der Waals surface area contributed by atoms with Crippen molar-refractivity contribution in [2.75, 3.05) is 10.6 Å². The molecular weight excluding hydrogens is 338 g/mol. The van der Waals surface area contributed by atoms with Gasteiger partial charge in [0.05, 0.1) is 23.5 Å². The van der Waals surface area contributed by atoms with E-state index in [4.69, 9.17) is 5.26 Å². The molecule has 5 nitrogen and oxygen atoms in total. The molecule has 5 heteroatoms. The number of nitriles is 1. The van der Waals surface area contributed by atoms with E-state index in [0.29, 0.717) is 17.7 Å². The maximum Gasteiger partial charge on any atom is 0.228 e. The number of rotatable bonds is 4. The van der Waals surface area contributed by atoms with Crippen molar-refractivity contribution in [3.05, 3.63) is 59.7 Å². The maximum absolute atomic E-state index is 12.6. The Morgan fingerprint density at radius 3 is 2.15 bits per heavy atom. The molecule has 1 fully saturated rings. The minimum Gasteiger partial charge on any atom is -0.326 e. The van der Waals surface area contributed by atoms with Crippen LogP contribution in [0.4, 0.5) is 11.4 Å². The summed E-state index contributed by atoms with van der Waals surface area (Å²) in [6.07, 6.45) is 0.547. The van der Waals surface area contributed by atoms with Gasteiger partial charge in [0, 0.05) is 11.4 Å². The van der Waals surface area contributed by atoms with Gasteiger partial charge in [-0.15, -0.1) is 0 Å². The van der Waals surface area contributed by atoms with Crippen molar-refractivity contribution in [1.29, 1.82) is 5.26 Å². The normalized spacial score (nSPS) is 18.3. The number of carbonyl (C=O) groups excluding carboxylic acids is 2. The standard InChI is InChI=1S/C22H23N3O2/c1-22(2,3)18-6-4-5-7-19(18)25-21(27)17-12-16(17)20(26)24-15-10-8-14(13-23)9-11-15/h4-11,16-17H,12H2,1-3H3,(H,24,26)(H,25,27). The Bertz CT molecular complexity index is 904. The van der Waals surface area contributed by atoms with Crippen LogP contribution >= 0.6 is 0 Å². The molecule has 27 heavy (non-hydrogen) atoms. The van der Waals surface area contributed by atoms with Gasteiger partial charge in [-0.25, -0.2) is 0 Å². The summed E-state index contributed by atoms with van der Waals surface area (Å²) in [5.74, 6) is -0.908. The van der Waals surface area contributed by atoms with Gasteiger partial charge in [0.25, 0.3) is 0 Å². The highest BCUT2D eigenvalue weighted by Crippen LogP contribution is 2.41. The Morgan fingerprint density at radius 1 is 0.963 bits per heavy atom. The molecule has 2 unspecified atom stereocenters. The monoisotopic (exact) mass is 361 g/mol.